The predicted molar refractivity (Wildman–Crippen MR) is 263 cm³/mol. The van der Waals surface area contributed by atoms with E-state index in [4.69, 9.17) is 0 Å². The molecule has 1 heterocycles. The van der Waals surface area contributed by atoms with Crippen LogP contribution in [0, 0.1) is 0 Å². The fourth-order valence-corrected chi connectivity index (χ4v) is 10.2. The molecule has 1 aliphatic rings. The monoisotopic (exact) mass is 793 g/mol. The summed E-state index contributed by atoms with van der Waals surface area (Å²) in [7, 11) is 0. The fourth-order valence-electron chi connectivity index (χ4n) is 10.2. The van der Waals surface area contributed by atoms with Gasteiger partial charge < -0.3 is 14.4 Å². The van der Waals surface area contributed by atoms with Gasteiger partial charge in [0.25, 0.3) is 0 Å². The maximum absolute atomic E-state index is 2.49. The SMILES string of the molecule is CC1(C)c2cc(N(c3ccccc3)c3ccc(N(c4ccccc4)c4ccccc4)cc3)ccc2-c2ccc(-n3c4ccc5ccccc5c4c4c5ccccc5ccc43)cc21. The molecule has 0 amide bonds. The number of nitrogens with zero attached hydrogens (tertiary/aromatic N) is 3. The van der Waals surface area contributed by atoms with Crippen molar-refractivity contribution >= 4 is 77.5 Å². The summed E-state index contributed by atoms with van der Waals surface area (Å²) in [5, 5.41) is 7.71. The molecule has 10 aromatic carbocycles. The molecule has 0 unspecified atom stereocenters. The third-order valence-corrected chi connectivity index (χ3v) is 13.1. The van der Waals surface area contributed by atoms with Gasteiger partial charge in [0.1, 0.15) is 0 Å². The minimum atomic E-state index is -0.243. The normalized spacial score (nSPS) is 12.8. The van der Waals surface area contributed by atoms with Gasteiger partial charge in [-0.05, 0) is 141 Å². The molecule has 12 rings (SSSR count). The fraction of sp³-hybridized carbons (Fsp3) is 0.0508. The van der Waals surface area contributed by atoms with Crippen molar-refractivity contribution in [3.8, 4) is 16.8 Å². The van der Waals surface area contributed by atoms with Gasteiger partial charge in [-0.25, -0.2) is 0 Å². The molecule has 0 aliphatic heterocycles. The Hall–Kier alpha value is -7.88. The van der Waals surface area contributed by atoms with E-state index in [9.17, 15) is 0 Å². The highest BCUT2D eigenvalue weighted by molar-refractivity contribution is 6.28. The van der Waals surface area contributed by atoms with Crippen LogP contribution in [0.1, 0.15) is 25.0 Å². The van der Waals surface area contributed by atoms with E-state index in [0.29, 0.717) is 0 Å². The van der Waals surface area contributed by atoms with E-state index < -0.39 is 0 Å². The van der Waals surface area contributed by atoms with Crippen LogP contribution in [0.4, 0.5) is 34.1 Å². The average molecular weight is 794 g/mol. The van der Waals surface area contributed by atoms with E-state index in [1.54, 1.807) is 0 Å². The van der Waals surface area contributed by atoms with Crippen LogP contribution in [0.2, 0.25) is 0 Å². The van der Waals surface area contributed by atoms with Crippen molar-refractivity contribution < 1.29 is 0 Å². The summed E-state index contributed by atoms with van der Waals surface area (Å²) in [6.07, 6.45) is 0. The number of para-hydroxylation sites is 3. The Bertz CT molecular complexity index is 3340. The number of fused-ring (bicyclic) bond motifs is 10. The summed E-state index contributed by atoms with van der Waals surface area (Å²) in [5.41, 5.74) is 15.4. The topological polar surface area (TPSA) is 11.4 Å². The summed E-state index contributed by atoms with van der Waals surface area (Å²) < 4.78 is 2.49. The molecule has 0 fully saturated rings. The molecule has 3 nitrogen and oxygen atoms in total. The van der Waals surface area contributed by atoms with Crippen LogP contribution in [0.25, 0.3) is 60.2 Å². The first kappa shape index (κ1) is 36.0. The average Bonchev–Trinajstić information content (AvgIpc) is 3.79. The molecule has 0 spiro atoms. The molecule has 0 bridgehead atoms. The van der Waals surface area contributed by atoms with Crippen molar-refractivity contribution in [2.24, 2.45) is 0 Å². The molecule has 0 saturated carbocycles. The van der Waals surface area contributed by atoms with E-state index in [0.717, 1.165) is 34.1 Å². The second-order valence-corrected chi connectivity index (χ2v) is 17.0. The smallest absolute Gasteiger partial charge is 0.0547 e. The standard InChI is InChI=1S/C59H43N3/c1-59(2)53-38-47(61(44-22-10-5-11-23-44)46-30-28-45(29-31-46)60(42-18-6-3-7-19-42)43-20-8-4-9-21-43)32-34-51(53)52-35-33-48(39-54(52)59)62-55-36-26-40-16-12-14-24-49(40)57(55)58-50-25-15-13-17-41(50)27-37-56(58)62/h3-39H,1-2H3. The molecule has 1 aliphatic carbocycles. The van der Waals surface area contributed by atoms with E-state index in [1.165, 1.54) is 71.3 Å². The van der Waals surface area contributed by atoms with Crippen molar-refractivity contribution in [1.29, 1.82) is 0 Å². The van der Waals surface area contributed by atoms with E-state index in [2.05, 4.69) is 253 Å². The third-order valence-electron chi connectivity index (χ3n) is 13.1. The van der Waals surface area contributed by atoms with Gasteiger partial charge in [0.2, 0.25) is 0 Å². The summed E-state index contributed by atoms with van der Waals surface area (Å²) in [6, 6.07) is 81.9. The highest BCUT2D eigenvalue weighted by Gasteiger charge is 2.37. The highest BCUT2D eigenvalue weighted by atomic mass is 15.2. The number of anilines is 6. The largest absolute Gasteiger partial charge is 0.311 e. The maximum Gasteiger partial charge on any atom is 0.0547 e. The zero-order valence-corrected chi connectivity index (χ0v) is 34.7. The molecular weight excluding hydrogens is 751 g/mol. The molecule has 1 aromatic heterocycles. The first-order valence-corrected chi connectivity index (χ1v) is 21.5. The lowest BCUT2D eigenvalue weighted by Gasteiger charge is -2.29. The molecule has 11 aromatic rings. The summed E-state index contributed by atoms with van der Waals surface area (Å²) in [5.74, 6) is 0. The Morgan fingerprint density at radius 1 is 0.339 bits per heavy atom. The number of rotatable bonds is 7. The Morgan fingerprint density at radius 3 is 1.23 bits per heavy atom. The molecule has 3 heteroatoms. The first-order chi connectivity index (χ1) is 30.5. The van der Waals surface area contributed by atoms with Crippen molar-refractivity contribution in [2.45, 2.75) is 19.3 Å². The van der Waals surface area contributed by atoms with E-state index in [1.807, 2.05) is 0 Å². The minimum absolute atomic E-state index is 0.243. The molecule has 0 N–H and O–H groups in total. The second-order valence-electron chi connectivity index (χ2n) is 17.0. The Labute approximate surface area is 362 Å². The number of aromatic nitrogens is 1. The maximum atomic E-state index is 2.49. The quantitative estimate of drug-likeness (QED) is 0.159. The van der Waals surface area contributed by atoms with Crippen LogP contribution in [-0.4, -0.2) is 4.57 Å². The minimum Gasteiger partial charge on any atom is -0.311 e. The van der Waals surface area contributed by atoms with Crippen LogP contribution >= 0.6 is 0 Å². The van der Waals surface area contributed by atoms with Crippen molar-refractivity contribution in [1.82, 2.24) is 4.57 Å². The molecular formula is C59H43N3. The van der Waals surface area contributed by atoms with Crippen LogP contribution in [0.15, 0.2) is 224 Å². The summed E-state index contributed by atoms with van der Waals surface area (Å²) >= 11 is 0. The zero-order valence-electron chi connectivity index (χ0n) is 34.7. The van der Waals surface area contributed by atoms with Gasteiger partial charge in [0.15, 0.2) is 0 Å². The van der Waals surface area contributed by atoms with Gasteiger partial charge >= 0.3 is 0 Å². The highest BCUT2D eigenvalue weighted by Crippen LogP contribution is 2.52. The second kappa shape index (κ2) is 14.1. The predicted octanol–water partition coefficient (Wildman–Crippen LogP) is 16.3. The Kier molecular flexibility index (Phi) is 8.20. The van der Waals surface area contributed by atoms with Gasteiger partial charge in [-0.2, -0.15) is 0 Å². The number of hydrogen-bond donors (Lipinski definition) is 0. The van der Waals surface area contributed by atoms with Gasteiger partial charge in [-0.15, -0.1) is 0 Å². The summed E-state index contributed by atoms with van der Waals surface area (Å²) in [4.78, 5) is 4.69. The molecule has 0 radical (unpaired) electrons. The van der Waals surface area contributed by atoms with Crippen molar-refractivity contribution in [3.05, 3.63) is 236 Å². The van der Waals surface area contributed by atoms with Crippen LogP contribution in [-0.2, 0) is 5.41 Å². The molecule has 0 saturated heterocycles. The molecule has 0 atom stereocenters. The van der Waals surface area contributed by atoms with Crippen LogP contribution in [0.5, 0.6) is 0 Å². The molecule has 294 valence electrons. The lowest BCUT2D eigenvalue weighted by Crippen LogP contribution is -2.17. The van der Waals surface area contributed by atoms with Crippen LogP contribution < -0.4 is 9.80 Å². The Morgan fingerprint density at radius 2 is 0.726 bits per heavy atom. The van der Waals surface area contributed by atoms with Gasteiger partial charge in [-0.1, -0.05) is 141 Å². The Balaban J connectivity index is 0.969. The first-order valence-electron chi connectivity index (χ1n) is 21.5. The van der Waals surface area contributed by atoms with Crippen molar-refractivity contribution in [3.63, 3.8) is 0 Å². The summed E-state index contributed by atoms with van der Waals surface area (Å²) in [6.45, 7) is 4.78. The van der Waals surface area contributed by atoms with Gasteiger partial charge in [-0.3, -0.25) is 0 Å². The zero-order chi connectivity index (χ0) is 41.4. The lowest BCUT2D eigenvalue weighted by molar-refractivity contribution is 0.660. The van der Waals surface area contributed by atoms with E-state index in [-0.39, 0.29) is 5.41 Å². The third kappa shape index (κ3) is 5.59. The van der Waals surface area contributed by atoms with E-state index >= 15 is 0 Å². The molecule has 62 heavy (non-hydrogen) atoms. The van der Waals surface area contributed by atoms with Crippen LogP contribution in [0.3, 0.4) is 0 Å². The number of benzene rings is 10. The van der Waals surface area contributed by atoms with Gasteiger partial charge in [0.05, 0.1) is 11.0 Å². The van der Waals surface area contributed by atoms with Gasteiger partial charge in [0, 0.05) is 56.0 Å². The van der Waals surface area contributed by atoms with Crippen molar-refractivity contribution in [2.75, 3.05) is 9.80 Å². The lowest BCUT2D eigenvalue weighted by atomic mass is 9.82. The number of hydrogen-bond acceptors (Lipinski definition) is 2.